The Morgan fingerprint density at radius 3 is 2.43 bits per heavy atom. The minimum atomic E-state index is -3.82. The number of aliphatic hydroxyl groups excluding tert-OH is 1. The molecule has 0 aliphatic heterocycles. The van der Waals surface area contributed by atoms with Gasteiger partial charge in [0.2, 0.25) is 0 Å². The van der Waals surface area contributed by atoms with Crippen LogP contribution in [0.15, 0.2) is 45.8 Å². The molecule has 0 unspecified atom stereocenters. The Morgan fingerprint density at radius 2 is 1.81 bits per heavy atom. The van der Waals surface area contributed by atoms with E-state index in [4.69, 9.17) is 28.3 Å². The number of anilines is 1. The molecule has 0 aliphatic carbocycles. The zero-order chi connectivity index (χ0) is 15.6. The van der Waals surface area contributed by atoms with Gasteiger partial charge >= 0.3 is 0 Å². The van der Waals surface area contributed by atoms with Crippen molar-refractivity contribution in [3.63, 3.8) is 0 Å². The third-order valence-electron chi connectivity index (χ3n) is 2.68. The van der Waals surface area contributed by atoms with Gasteiger partial charge in [0.1, 0.15) is 0 Å². The summed E-state index contributed by atoms with van der Waals surface area (Å²) in [7, 11) is -3.82. The van der Waals surface area contributed by atoms with E-state index in [0.717, 1.165) is 0 Å². The fourth-order valence-electron chi connectivity index (χ4n) is 1.60. The summed E-state index contributed by atoms with van der Waals surface area (Å²) in [6.45, 7) is -0.260. The number of hydrogen-bond acceptors (Lipinski definition) is 3. The molecule has 2 aromatic rings. The highest BCUT2D eigenvalue weighted by Gasteiger charge is 2.17. The van der Waals surface area contributed by atoms with E-state index in [0.29, 0.717) is 10.0 Å². The standard InChI is InChI=1S/C13H10BrCl2NO3S/c14-9-2-4-11(15)13(5-9)17-21(19,20)10-3-1-8(7-18)12(16)6-10/h1-6,17-18H,7H2. The Kier molecular flexibility index (Phi) is 5.16. The molecule has 8 heteroatoms. The van der Waals surface area contributed by atoms with E-state index >= 15 is 0 Å². The quantitative estimate of drug-likeness (QED) is 0.798. The van der Waals surface area contributed by atoms with Crippen molar-refractivity contribution in [1.82, 2.24) is 0 Å². The van der Waals surface area contributed by atoms with E-state index in [1.54, 1.807) is 18.2 Å². The Bertz CT molecular complexity index is 781. The second-order valence-corrected chi connectivity index (χ2v) is 7.55. The van der Waals surface area contributed by atoms with Crippen LogP contribution in [0.2, 0.25) is 10.0 Å². The van der Waals surface area contributed by atoms with Crippen LogP contribution in [0.25, 0.3) is 0 Å². The second-order valence-electron chi connectivity index (χ2n) is 4.14. The Morgan fingerprint density at radius 1 is 1.10 bits per heavy atom. The molecule has 4 nitrogen and oxygen atoms in total. The predicted octanol–water partition coefficient (Wildman–Crippen LogP) is 4.05. The molecule has 0 aromatic heterocycles. The normalized spacial score (nSPS) is 11.4. The molecular formula is C13H10BrCl2NO3S. The van der Waals surface area contributed by atoms with Crippen molar-refractivity contribution in [2.24, 2.45) is 0 Å². The summed E-state index contributed by atoms with van der Waals surface area (Å²) < 4.78 is 27.7. The van der Waals surface area contributed by atoms with Gasteiger partial charge in [-0.15, -0.1) is 0 Å². The summed E-state index contributed by atoms with van der Waals surface area (Å²) in [6.07, 6.45) is 0. The van der Waals surface area contributed by atoms with Gasteiger partial charge in [-0.25, -0.2) is 8.42 Å². The van der Waals surface area contributed by atoms with Crippen molar-refractivity contribution in [3.05, 3.63) is 56.5 Å². The van der Waals surface area contributed by atoms with Crippen LogP contribution < -0.4 is 4.72 Å². The molecule has 0 heterocycles. The van der Waals surface area contributed by atoms with E-state index in [-0.39, 0.29) is 27.2 Å². The summed E-state index contributed by atoms with van der Waals surface area (Å²) in [4.78, 5) is -0.0132. The lowest BCUT2D eigenvalue weighted by atomic mass is 10.2. The van der Waals surface area contributed by atoms with Crippen molar-refractivity contribution in [2.45, 2.75) is 11.5 Å². The maximum Gasteiger partial charge on any atom is 0.261 e. The van der Waals surface area contributed by atoms with Gasteiger partial charge < -0.3 is 5.11 Å². The molecule has 0 saturated heterocycles. The van der Waals surface area contributed by atoms with Crippen LogP contribution in [-0.4, -0.2) is 13.5 Å². The van der Waals surface area contributed by atoms with Crippen LogP contribution in [0.1, 0.15) is 5.56 Å². The van der Waals surface area contributed by atoms with Crippen molar-refractivity contribution in [2.75, 3.05) is 4.72 Å². The van der Waals surface area contributed by atoms with E-state index < -0.39 is 10.0 Å². The van der Waals surface area contributed by atoms with Gasteiger partial charge in [0.25, 0.3) is 10.0 Å². The number of benzene rings is 2. The van der Waals surface area contributed by atoms with Gasteiger partial charge in [0.15, 0.2) is 0 Å². The highest BCUT2D eigenvalue weighted by molar-refractivity contribution is 9.10. The molecule has 0 spiro atoms. The van der Waals surface area contributed by atoms with Gasteiger partial charge in [-0.3, -0.25) is 4.72 Å². The van der Waals surface area contributed by atoms with E-state index in [9.17, 15) is 8.42 Å². The van der Waals surface area contributed by atoms with Crippen LogP contribution in [0.5, 0.6) is 0 Å². The molecule has 2 N–H and O–H groups in total. The van der Waals surface area contributed by atoms with Crippen LogP contribution in [0.3, 0.4) is 0 Å². The lowest BCUT2D eigenvalue weighted by Gasteiger charge is -2.11. The second kappa shape index (κ2) is 6.54. The molecule has 21 heavy (non-hydrogen) atoms. The van der Waals surface area contributed by atoms with Crippen molar-refractivity contribution < 1.29 is 13.5 Å². The molecule has 0 amide bonds. The van der Waals surface area contributed by atoms with Gasteiger partial charge in [-0.2, -0.15) is 0 Å². The van der Waals surface area contributed by atoms with E-state index in [2.05, 4.69) is 20.7 Å². The van der Waals surface area contributed by atoms with Gasteiger partial charge in [0.05, 0.1) is 22.2 Å². The fourth-order valence-corrected chi connectivity index (χ4v) is 3.59. The summed E-state index contributed by atoms with van der Waals surface area (Å²) >= 11 is 15.1. The fraction of sp³-hybridized carbons (Fsp3) is 0.0769. The van der Waals surface area contributed by atoms with Gasteiger partial charge in [-0.05, 0) is 35.9 Å². The number of sulfonamides is 1. The molecule has 0 atom stereocenters. The molecule has 0 fully saturated rings. The minimum Gasteiger partial charge on any atom is -0.392 e. The minimum absolute atomic E-state index is 0.0132. The molecular weight excluding hydrogens is 401 g/mol. The molecule has 0 saturated carbocycles. The monoisotopic (exact) mass is 409 g/mol. The number of halogens is 3. The molecule has 2 rings (SSSR count). The van der Waals surface area contributed by atoms with Crippen LogP contribution in [-0.2, 0) is 16.6 Å². The topological polar surface area (TPSA) is 66.4 Å². The van der Waals surface area contributed by atoms with Crippen molar-refractivity contribution >= 4 is 54.8 Å². The van der Waals surface area contributed by atoms with Crippen LogP contribution in [0.4, 0.5) is 5.69 Å². The summed E-state index contributed by atoms with van der Waals surface area (Å²) in [6, 6.07) is 8.94. The molecule has 0 bridgehead atoms. The van der Waals surface area contributed by atoms with Crippen LogP contribution >= 0.6 is 39.1 Å². The zero-order valence-electron chi connectivity index (χ0n) is 10.5. The highest BCUT2D eigenvalue weighted by Crippen LogP contribution is 2.29. The number of rotatable bonds is 4. The first kappa shape index (κ1) is 16.6. The van der Waals surface area contributed by atoms with Crippen molar-refractivity contribution in [1.29, 1.82) is 0 Å². The molecule has 2 aromatic carbocycles. The molecule has 0 radical (unpaired) electrons. The first-order valence-electron chi connectivity index (χ1n) is 5.70. The average Bonchev–Trinajstić information content (AvgIpc) is 2.42. The summed E-state index contributed by atoms with van der Waals surface area (Å²) in [5, 5.41) is 9.50. The number of hydrogen-bond donors (Lipinski definition) is 2. The van der Waals surface area contributed by atoms with Gasteiger partial charge in [-0.1, -0.05) is 45.2 Å². The summed E-state index contributed by atoms with van der Waals surface area (Å²) in [5.41, 5.74) is 0.713. The zero-order valence-corrected chi connectivity index (χ0v) is 14.4. The first-order valence-corrected chi connectivity index (χ1v) is 8.74. The predicted molar refractivity (Wildman–Crippen MR) is 87.3 cm³/mol. The maximum absolute atomic E-state index is 12.3. The van der Waals surface area contributed by atoms with Crippen LogP contribution in [0, 0.1) is 0 Å². The van der Waals surface area contributed by atoms with Gasteiger partial charge in [0, 0.05) is 9.50 Å². The average molecular weight is 411 g/mol. The first-order chi connectivity index (χ1) is 9.83. The van der Waals surface area contributed by atoms with E-state index in [1.807, 2.05) is 0 Å². The Labute approximate surface area is 140 Å². The SMILES string of the molecule is O=S(=O)(Nc1cc(Br)ccc1Cl)c1ccc(CO)c(Cl)c1. The molecule has 112 valence electrons. The highest BCUT2D eigenvalue weighted by atomic mass is 79.9. The lowest BCUT2D eigenvalue weighted by Crippen LogP contribution is -2.13. The Balaban J connectivity index is 2.38. The maximum atomic E-state index is 12.3. The summed E-state index contributed by atoms with van der Waals surface area (Å²) in [5.74, 6) is 0. The third-order valence-corrected chi connectivity index (χ3v) is 5.22. The van der Waals surface area contributed by atoms with Crippen molar-refractivity contribution in [3.8, 4) is 0 Å². The largest absolute Gasteiger partial charge is 0.392 e. The number of nitrogens with one attached hydrogen (secondary N) is 1. The lowest BCUT2D eigenvalue weighted by molar-refractivity contribution is 0.282. The Hall–Kier alpha value is -0.790. The molecule has 0 aliphatic rings. The number of aliphatic hydroxyl groups is 1. The third kappa shape index (κ3) is 3.90. The van der Waals surface area contributed by atoms with E-state index in [1.165, 1.54) is 18.2 Å². The smallest absolute Gasteiger partial charge is 0.261 e.